The number of ether oxygens (including phenoxy) is 1. The van der Waals surface area contributed by atoms with Crippen LogP contribution in [0.5, 0.6) is 0 Å². The van der Waals surface area contributed by atoms with E-state index in [0.29, 0.717) is 19.6 Å². The predicted octanol–water partition coefficient (Wildman–Crippen LogP) is 1.44. The zero-order valence-electron chi connectivity index (χ0n) is 7.57. The van der Waals surface area contributed by atoms with Crippen molar-refractivity contribution in [2.45, 2.75) is 6.42 Å². The van der Waals surface area contributed by atoms with E-state index in [9.17, 15) is 9.18 Å². The molecule has 2 rings (SSSR count). The van der Waals surface area contributed by atoms with Crippen molar-refractivity contribution in [3.8, 4) is 0 Å². The summed E-state index contributed by atoms with van der Waals surface area (Å²) in [5.74, 6) is -0.918. The average Bonchev–Trinajstić information content (AvgIpc) is 2.70. The highest BCUT2D eigenvalue weighted by atomic mass is 19.1. The fourth-order valence-corrected chi connectivity index (χ4v) is 1.54. The maximum absolute atomic E-state index is 13.2. The second-order valence-electron chi connectivity index (χ2n) is 3.28. The zero-order valence-corrected chi connectivity index (χ0v) is 7.57. The quantitative estimate of drug-likeness (QED) is 0.670. The predicted molar refractivity (Wildman–Crippen MR) is 47.5 cm³/mol. The van der Waals surface area contributed by atoms with Crippen LogP contribution in [0.1, 0.15) is 16.8 Å². The molecule has 2 heterocycles. The van der Waals surface area contributed by atoms with Gasteiger partial charge in [0.05, 0.1) is 18.4 Å². The molecule has 1 aromatic rings. The second-order valence-corrected chi connectivity index (χ2v) is 3.28. The Morgan fingerprint density at radius 3 is 3.14 bits per heavy atom. The van der Waals surface area contributed by atoms with E-state index < -0.39 is 5.82 Å². The van der Waals surface area contributed by atoms with E-state index in [1.54, 1.807) is 0 Å². The summed E-state index contributed by atoms with van der Waals surface area (Å²) in [4.78, 5) is 15.3. The maximum Gasteiger partial charge on any atom is 0.171 e. The van der Waals surface area contributed by atoms with E-state index in [1.165, 1.54) is 12.3 Å². The number of hydrogen-bond acceptors (Lipinski definition) is 3. The molecular formula is C10H10FNO2. The van der Waals surface area contributed by atoms with Crippen molar-refractivity contribution in [3.63, 3.8) is 0 Å². The van der Waals surface area contributed by atoms with E-state index >= 15 is 0 Å². The number of ketones is 1. The summed E-state index contributed by atoms with van der Waals surface area (Å²) in [5, 5.41) is 0. The Kier molecular flexibility index (Phi) is 2.54. The first kappa shape index (κ1) is 9.27. The van der Waals surface area contributed by atoms with Crippen LogP contribution in [0.25, 0.3) is 0 Å². The van der Waals surface area contributed by atoms with Crippen molar-refractivity contribution in [1.82, 2.24) is 4.98 Å². The van der Waals surface area contributed by atoms with Gasteiger partial charge in [0.1, 0.15) is 0 Å². The largest absolute Gasteiger partial charge is 0.381 e. The van der Waals surface area contributed by atoms with Crippen LogP contribution in [-0.2, 0) is 4.74 Å². The molecule has 0 N–H and O–H groups in total. The Morgan fingerprint density at radius 1 is 1.64 bits per heavy atom. The minimum atomic E-state index is -0.551. The van der Waals surface area contributed by atoms with E-state index in [-0.39, 0.29) is 17.3 Å². The van der Waals surface area contributed by atoms with Crippen LogP contribution in [0.2, 0.25) is 0 Å². The molecule has 14 heavy (non-hydrogen) atoms. The molecule has 0 unspecified atom stereocenters. The summed E-state index contributed by atoms with van der Waals surface area (Å²) < 4.78 is 18.2. The molecule has 0 aromatic carbocycles. The minimum Gasteiger partial charge on any atom is -0.381 e. The van der Waals surface area contributed by atoms with Crippen LogP contribution < -0.4 is 0 Å². The molecule has 74 valence electrons. The van der Waals surface area contributed by atoms with Crippen LogP contribution in [0.3, 0.4) is 0 Å². The number of carbonyl (C=O) groups is 1. The first-order chi connectivity index (χ1) is 6.79. The Morgan fingerprint density at radius 2 is 2.50 bits per heavy atom. The summed E-state index contributed by atoms with van der Waals surface area (Å²) in [7, 11) is 0. The molecule has 0 bridgehead atoms. The minimum absolute atomic E-state index is 0.121. The third-order valence-electron chi connectivity index (χ3n) is 2.34. The summed E-state index contributed by atoms with van der Waals surface area (Å²) in [5.41, 5.74) is 0.121. The molecule has 0 amide bonds. The van der Waals surface area contributed by atoms with Crippen LogP contribution in [0, 0.1) is 11.7 Å². The van der Waals surface area contributed by atoms with Crippen molar-refractivity contribution >= 4 is 5.78 Å². The van der Waals surface area contributed by atoms with Crippen molar-refractivity contribution in [3.05, 3.63) is 29.8 Å². The number of hydrogen-bond donors (Lipinski definition) is 0. The molecule has 0 saturated carbocycles. The van der Waals surface area contributed by atoms with Gasteiger partial charge in [0.25, 0.3) is 0 Å². The average molecular weight is 195 g/mol. The lowest BCUT2D eigenvalue weighted by Crippen LogP contribution is -2.16. The van der Waals surface area contributed by atoms with E-state index in [2.05, 4.69) is 4.98 Å². The van der Waals surface area contributed by atoms with Gasteiger partial charge in [-0.25, -0.2) is 4.39 Å². The van der Waals surface area contributed by atoms with Gasteiger partial charge in [-0.3, -0.25) is 9.78 Å². The monoisotopic (exact) mass is 195 g/mol. The molecule has 1 aromatic heterocycles. The third kappa shape index (κ3) is 1.65. The highest BCUT2D eigenvalue weighted by Crippen LogP contribution is 2.19. The van der Waals surface area contributed by atoms with Gasteiger partial charge in [0.15, 0.2) is 11.6 Å². The number of rotatable bonds is 2. The van der Waals surface area contributed by atoms with Crippen LogP contribution >= 0.6 is 0 Å². The molecule has 4 heteroatoms. The van der Waals surface area contributed by atoms with Gasteiger partial charge < -0.3 is 4.74 Å². The molecule has 0 radical (unpaired) electrons. The molecule has 0 spiro atoms. The van der Waals surface area contributed by atoms with Crippen molar-refractivity contribution in [2.24, 2.45) is 5.92 Å². The van der Waals surface area contributed by atoms with E-state index in [4.69, 9.17) is 4.74 Å². The molecule has 1 aliphatic rings. The third-order valence-corrected chi connectivity index (χ3v) is 2.34. The second kappa shape index (κ2) is 3.84. The number of Topliss-reactive ketones (excluding diaryl/α,β-unsaturated/α-hetero) is 1. The van der Waals surface area contributed by atoms with Gasteiger partial charge in [-0.1, -0.05) is 0 Å². The molecule has 3 nitrogen and oxygen atoms in total. The normalized spacial score (nSPS) is 21.1. The molecule has 0 aliphatic carbocycles. The van der Waals surface area contributed by atoms with Crippen LogP contribution in [0.4, 0.5) is 4.39 Å². The SMILES string of the molecule is O=C(c1ccncc1F)[C@H]1CCOC1. The Bertz CT molecular complexity index is 348. The van der Waals surface area contributed by atoms with Gasteiger partial charge in [0.2, 0.25) is 0 Å². The number of nitrogens with zero attached hydrogens (tertiary/aromatic N) is 1. The number of carbonyl (C=O) groups excluding carboxylic acids is 1. The Hall–Kier alpha value is -1.29. The number of aromatic nitrogens is 1. The van der Waals surface area contributed by atoms with E-state index in [1.807, 2.05) is 0 Å². The Balaban J connectivity index is 2.22. The van der Waals surface area contributed by atoms with Gasteiger partial charge in [-0.15, -0.1) is 0 Å². The van der Waals surface area contributed by atoms with Crippen molar-refractivity contribution in [2.75, 3.05) is 13.2 Å². The lowest BCUT2D eigenvalue weighted by Gasteiger charge is -2.06. The number of halogens is 1. The molecule has 1 fully saturated rings. The van der Waals surface area contributed by atoms with Crippen molar-refractivity contribution < 1.29 is 13.9 Å². The lowest BCUT2D eigenvalue weighted by atomic mass is 9.98. The standard InChI is InChI=1S/C10H10FNO2/c11-9-5-12-3-1-8(9)10(13)7-2-4-14-6-7/h1,3,5,7H,2,4,6H2/t7-/m0/s1. The summed E-state index contributed by atoms with van der Waals surface area (Å²) in [6.45, 7) is 0.990. The Labute approximate surface area is 80.9 Å². The van der Waals surface area contributed by atoms with Crippen molar-refractivity contribution in [1.29, 1.82) is 0 Å². The van der Waals surface area contributed by atoms with Gasteiger partial charge >= 0.3 is 0 Å². The number of pyridine rings is 1. The van der Waals surface area contributed by atoms with Gasteiger partial charge in [-0.2, -0.15) is 0 Å². The maximum atomic E-state index is 13.2. The van der Waals surface area contributed by atoms with Gasteiger partial charge in [0, 0.05) is 18.7 Å². The molecule has 1 saturated heterocycles. The van der Waals surface area contributed by atoms with Crippen LogP contribution in [0.15, 0.2) is 18.5 Å². The van der Waals surface area contributed by atoms with E-state index in [0.717, 1.165) is 6.20 Å². The lowest BCUT2D eigenvalue weighted by molar-refractivity contribution is 0.0896. The topological polar surface area (TPSA) is 39.2 Å². The zero-order chi connectivity index (χ0) is 9.97. The highest BCUT2D eigenvalue weighted by Gasteiger charge is 2.26. The highest BCUT2D eigenvalue weighted by molar-refractivity contribution is 5.98. The molecule has 1 aliphatic heterocycles. The van der Waals surface area contributed by atoms with Crippen LogP contribution in [-0.4, -0.2) is 24.0 Å². The first-order valence-corrected chi connectivity index (χ1v) is 4.50. The summed E-state index contributed by atoms with van der Waals surface area (Å²) in [6, 6.07) is 1.41. The summed E-state index contributed by atoms with van der Waals surface area (Å²) >= 11 is 0. The molecule has 1 atom stereocenters. The van der Waals surface area contributed by atoms with Gasteiger partial charge in [-0.05, 0) is 12.5 Å². The first-order valence-electron chi connectivity index (χ1n) is 4.50. The smallest absolute Gasteiger partial charge is 0.171 e. The fourth-order valence-electron chi connectivity index (χ4n) is 1.54. The summed E-state index contributed by atoms with van der Waals surface area (Å²) in [6.07, 6.45) is 3.16. The molecular weight excluding hydrogens is 185 g/mol. The fraction of sp³-hybridized carbons (Fsp3) is 0.400.